The molecule has 1 aromatic rings. The Morgan fingerprint density at radius 3 is 2.52 bits per heavy atom. The standard InChI is InChI=1S/C17H25FN2O3/c1-11(19)13-5-12(8-21)6-14(7-13)17(18)9-20(10-17)15(22)23-16(2,3)4/h5-7,11,21H,8-10,19H2,1-4H3. The summed E-state index contributed by atoms with van der Waals surface area (Å²) in [6, 6.07) is 4.84. The van der Waals surface area contributed by atoms with Gasteiger partial charge in [0.15, 0.2) is 5.67 Å². The number of carbonyl (C=O) groups is 1. The van der Waals surface area contributed by atoms with Crippen LogP contribution in [0.15, 0.2) is 18.2 Å². The second kappa shape index (κ2) is 6.09. The van der Waals surface area contributed by atoms with E-state index in [0.717, 1.165) is 5.56 Å². The van der Waals surface area contributed by atoms with Crippen molar-refractivity contribution in [3.63, 3.8) is 0 Å². The van der Waals surface area contributed by atoms with Gasteiger partial charge < -0.3 is 20.5 Å². The highest BCUT2D eigenvalue weighted by Crippen LogP contribution is 2.38. The minimum Gasteiger partial charge on any atom is -0.444 e. The van der Waals surface area contributed by atoms with E-state index in [9.17, 15) is 9.90 Å². The summed E-state index contributed by atoms with van der Waals surface area (Å²) in [5.41, 5.74) is 5.44. The molecule has 3 N–H and O–H groups in total. The number of benzene rings is 1. The summed E-state index contributed by atoms with van der Waals surface area (Å²) in [4.78, 5) is 13.3. The molecule has 1 aromatic carbocycles. The summed E-state index contributed by atoms with van der Waals surface area (Å²) in [7, 11) is 0. The smallest absolute Gasteiger partial charge is 0.410 e. The van der Waals surface area contributed by atoms with Crippen LogP contribution in [0.2, 0.25) is 0 Å². The number of alkyl halides is 1. The largest absolute Gasteiger partial charge is 0.444 e. The Morgan fingerprint density at radius 2 is 2.04 bits per heavy atom. The van der Waals surface area contributed by atoms with Crippen molar-refractivity contribution < 1.29 is 19.0 Å². The molecule has 23 heavy (non-hydrogen) atoms. The van der Waals surface area contributed by atoms with Crippen LogP contribution in [0.25, 0.3) is 0 Å². The first-order chi connectivity index (χ1) is 10.5. The molecule has 6 heteroatoms. The molecular weight excluding hydrogens is 299 g/mol. The monoisotopic (exact) mass is 324 g/mol. The fourth-order valence-corrected chi connectivity index (χ4v) is 2.53. The van der Waals surface area contributed by atoms with Crippen molar-refractivity contribution in [3.05, 3.63) is 34.9 Å². The van der Waals surface area contributed by atoms with Gasteiger partial charge in [0, 0.05) is 6.04 Å². The van der Waals surface area contributed by atoms with Crippen molar-refractivity contribution in [1.82, 2.24) is 4.90 Å². The normalized spacial score (nSPS) is 18.3. The van der Waals surface area contributed by atoms with Crippen LogP contribution in [0.3, 0.4) is 0 Å². The molecule has 1 unspecified atom stereocenters. The van der Waals surface area contributed by atoms with Crippen LogP contribution in [0, 0.1) is 0 Å². The van der Waals surface area contributed by atoms with Gasteiger partial charge in [-0.25, -0.2) is 9.18 Å². The van der Waals surface area contributed by atoms with Crippen molar-refractivity contribution in [1.29, 1.82) is 0 Å². The van der Waals surface area contributed by atoms with E-state index in [-0.39, 0.29) is 25.7 Å². The van der Waals surface area contributed by atoms with Crippen molar-refractivity contribution >= 4 is 6.09 Å². The molecule has 0 spiro atoms. The molecule has 1 heterocycles. The highest BCUT2D eigenvalue weighted by atomic mass is 19.1. The highest BCUT2D eigenvalue weighted by Gasteiger charge is 2.48. The summed E-state index contributed by atoms with van der Waals surface area (Å²) in [5, 5.41) is 9.34. The summed E-state index contributed by atoms with van der Waals surface area (Å²) in [5.74, 6) is 0. The first-order valence-electron chi connectivity index (χ1n) is 7.72. The van der Waals surface area contributed by atoms with Crippen LogP contribution in [0.1, 0.15) is 50.4 Å². The van der Waals surface area contributed by atoms with Crippen LogP contribution in [0.5, 0.6) is 0 Å². The molecule has 0 radical (unpaired) electrons. The second-order valence-corrected chi connectivity index (χ2v) is 7.21. The SMILES string of the molecule is CC(N)c1cc(CO)cc(C2(F)CN(C(=O)OC(C)(C)C)C2)c1. The Hall–Kier alpha value is -1.66. The quantitative estimate of drug-likeness (QED) is 0.896. The van der Waals surface area contributed by atoms with Gasteiger partial charge >= 0.3 is 6.09 Å². The molecular formula is C17H25FN2O3. The fourth-order valence-electron chi connectivity index (χ4n) is 2.53. The third-order valence-corrected chi connectivity index (χ3v) is 3.78. The van der Waals surface area contributed by atoms with Gasteiger partial charge in [-0.1, -0.05) is 18.2 Å². The predicted octanol–water partition coefficient (Wildman–Crippen LogP) is 2.61. The zero-order valence-electron chi connectivity index (χ0n) is 14.1. The number of hydrogen-bond acceptors (Lipinski definition) is 4. The van der Waals surface area contributed by atoms with Gasteiger partial charge in [-0.15, -0.1) is 0 Å². The maximum Gasteiger partial charge on any atom is 0.410 e. The average molecular weight is 324 g/mol. The average Bonchev–Trinajstić information content (AvgIpc) is 2.41. The maximum atomic E-state index is 15.1. The number of nitrogens with two attached hydrogens (primary N) is 1. The van der Waals surface area contributed by atoms with E-state index in [1.807, 2.05) is 0 Å². The third-order valence-electron chi connectivity index (χ3n) is 3.78. The molecule has 1 amide bonds. The van der Waals surface area contributed by atoms with E-state index in [1.54, 1.807) is 45.9 Å². The zero-order valence-corrected chi connectivity index (χ0v) is 14.1. The Kier molecular flexibility index (Phi) is 4.69. The fraction of sp³-hybridized carbons (Fsp3) is 0.588. The number of aliphatic hydroxyl groups excluding tert-OH is 1. The molecule has 1 aliphatic heterocycles. The maximum absolute atomic E-state index is 15.1. The van der Waals surface area contributed by atoms with Crippen LogP contribution >= 0.6 is 0 Å². The Morgan fingerprint density at radius 1 is 1.43 bits per heavy atom. The minimum absolute atomic E-state index is 0.0603. The number of ether oxygens (including phenoxy) is 1. The molecule has 0 aromatic heterocycles. The van der Waals surface area contributed by atoms with E-state index in [1.165, 1.54) is 4.90 Å². The Bertz CT molecular complexity index is 590. The highest BCUT2D eigenvalue weighted by molar-refractivity contribution is 5.70. The summed E-state index contributed by atoms with van der Waals surface area (Å²) >= 11 is 0. The lowest BCUT2D eigenvalue weighted by atomic mass is 9.85. The van der Waals surface area contributed by atoms with Gasteiger partial charge in [0.2, 0.25) is 0 Å². The number of halogens is 1. The molecule has 0 saturated carbocycles. The van der Waals surface area contributed by atoms with Crippen molar-refractivity contribution in [2.24, 2.45) is 5.73 Å². The summed E-state index contributed by atoms with van der Waals surface area (Å²) in [6.45, 7) is 6.82. The van der Waals surface area contributed by atoms with Crippen LogP contribution < -0.4 is 5.73 Å². The van der Waals surface area contributed by atoms with Gasteiger partial charge in [0.1, 0.15) is 5.60 Å². The summed E-state index contributed by atoms with van der Waals surface area (Å²) < 4.78 is 20.3. The van der Waals surface area contributed by atoms with Crippen molar-refractivity contribution in [3.8, 4) is 0 Å². The van der Waals surface area contributed by atoms with E-state index in [0.29, 0.717) is 11.1 Å². The first kappa shape index (κ1) is 17.7. The van der Waals surface area contributed by atoms with Crippen LogP contribution in [0.4, 0.5) is 9.18 Å². The Balaban J connectivity index is 2.15. The molecule has 0 bridgehead atoms. The van der Waals surface area contributed by atoms with Crippen LogP contribution in [-0.4, -0.2) is 34.8 Å². The molecule has 1 fully saturated rings. The van der Waals surface area contributed by atoms with Gasteiger partial charge in [-0.05, 0) is 44.4 Å². The molecule has 0 aliphatic carbocycles. The first-order valence-corrected chi connectivity index (χ1v) is 7.72. The number of carbonyl (C=O) groups excluding carboxylic acids is 1. The molecule has 128 valence electrons. The lowest BCUT2D eigenvalue weighted by molar-refractivity contribution is -0.0538. The van der Waals surface area contributed by atoms with E-state index in [2.05, 4.69) is 0 Å². The van der Waals surface area contributed by atoms with E-state index >= 15 is 4.39 Å². The lowest BCUT2D eigenvalue weighted by Crippen LogP contribution is -2.59. The number of nitrogens with zero attached hydrogens (tertiary/aromatic N) is 1. The molecule has 1 saturated heterocycles. The van der Waals surface area contributed by atoms with Gasteiger partial charge in [0.25, 0.3) is 0 Å². The zero-order chi connectivity index (χ0) is 17.4. The molecule has 5 nitrogen and oxygen atoms in total. The van der Waals surface area contributed by atoms with Gasteiger partial charge in [-0.2, -0.15) is 0 Å². The minimum atomic E-state index is -1.63. The van der Waals surface area contributed by atoms with Crippen LogP contribution in [-0.2, 0) is 17.0 Å². The number of rotatable bonds is 3. The number of aliphatic hydroxyl groups is 1. The van der Waals surface area contributed by atoms with E-state index in [4.69, 9.17) is 10.5 Å². The van der Waals surface area contributed by atoms with Crippen molar-refractivity contribution in [2.75, 3.05) is 13.1 Å². The predicted molar refractivity (Wildman–Crippen MR) is 85.6 cm³/mol. The molecule has 2 rings (SSSR count). The second-order valence-electron chi connectivity index (χ2n) is 7.21. The topological polar surface area (TPSA) is 75.8 Å². The van der Waals surface area contributed by atoms with Gasteiger partial charge in [-0.3, -0.25) is 0 Å². The number of hydrogen-bond donors (Lipinski definition) is 2. The lowest BCUT2D eigenvalue weighted by Gasteiger charge is -2.45. The van der Waals surface area contributed by atoms with Gasteiger partial charge in [0.05, 0.1) is 19.7 Å². The number of likely N-dealkylation sites (tertiary alicyclic amines) is 1. The summed E-state index contributed by atoms with van der Waals surface area (Å²) in [6.07, 6.45) is -0.517. The Labute approximate surface area is 136 Å². The molecule has 1 aliphatic rings. The molecule has 1 atom stereocenters. The van der Waals surface area contributed by atoms with Crippen molar-refractivity contribution in [2.45, 2.75) is 51.6 Å². The van der Waals surface area contributed by atoms with E-state index < -0.39 is 17.4 Å². The number of amides is 1. The third kappa shape index (κ3) is 4.00.